The van der Waals surface area contributed by atoms with Gasteiger partial charge in [0.25, 0.3) is 0 Å². The molecular formula is C11H21N3O. The van der Waals surface area contributed by atoms with Gasteiger partial charge in [-0.2, -0.15) is 0 Å². The van der Waals surface area contributed by atoms with Crippen LogP contribution >= 0.6 is 0 Å². The average molecular weight is 211 g/mol. The van der Waals surface area contributed by atoms with Crippen molar-refractivity contribution in [3.05, 3.63) is 0 Å². The summed E-state index contributed by atoms with van der Waals surface area (Å²) in [6.45, 7) is 3.20. The molecule has 0 aromatic rings. The summed E-state index contributed by atoms with van der Waals surface area (Å²) in [5.74, 6) is 1.44. The lowest BCUT2D eigenvalue weighted by atomic mass is 9.82. The Bertz CT molecular complexity index is 256. The summed E-state index contributed by atoms with van der Waals surface area (Å²) in [6.07, 6.45) is 4.95. The molecule has 3 unspecified atom stereocenters. The predicted octanol–water partition coefficient (Wildman–Crippen LogP) is 0.823. The summed E-state index contributed by atoms with van der Waals surface area (Å²) in [4.78, 5) is 11.3. The molecule has 0 saturated heterocycles. The zero-order valence-electron chi connectivity index (χ0n) is 9.38. The van der Waals surface area contributed by atoms with Crippen LogP contribution in [0.2, 0.25) is 0 Å². The maximum absolute atomic E-state index is 11.3. The zero-order chi connectivity index (χ0) is 10.9. The first-order chi connectivity index (χ1) is 7.14. The second kappa shape index (κ2) is 4.00. The third-order valence-electron chi connectivity index (χ3n) is 3.94. The van der Waals surface area contributed by atoms with E-state index < -0.39 is 0 Å². The van der Waals surface area contributed by atoms with Crippen LogP contribution < -0.4 is 16.4 Å². The van der Waals surface area contributed by atoms with Gasteiger partial charge in [0.2, 0.25) is 0 Å². The predicted molar refractivity (Wildman–Crippen MR) is 59.4 cm³/mol. The minimum atomic E-state index is -0.131. The van der Waals surface area contributed by atoms with Crippen LogP contribution in [-0.2, 0) is 0 Å². The average Bonchev–Trinajstić information content (AvgIpc) is 2.75. The molecule has 0 radical (unpaired) electrons. The van der Waals surface area contributed by atoms with Gasteiger partial charge < -0.3 is 16.4 Å². The van der Waals surface area contributed by atoms with Gasteiger partial charge >= 0.3 is 6.03 Å². The highest BCUT2D eigenvalue weighted by Crippen LogP contribution is 2.49. The molecule has 4 heteroatoms. The molecule has 0 heterocycles. The van der Waals surface area contributed by atoms with Gasteiger partial charge in [-0.15, -0.1) is 0 Å². The van der Waals surface area contributed by atoms with Crippen LogP contribution in [-0.4, -0.2) is 24.7 Å². The number of hydrogen-bond acceptors (Lipinski definition) is 2. The van der Waals surface area contributed by atoms with Crippen molar-refractivity contribution in [1.82, 2.24) is 10.6 Å². The van der Waals surface area contributed by atoms with Gasteiger partial charge in [0.15, 0.2) is 0 Å². The molecule has 2 saturated carbocycles. The number of urea groups is 1. The van der Waals surface area contributed by atoms with E-state index >= 15 is 0 Å². The fourth-order valence-electron chi connectivity index (χ4n) is 3.17. The molecule has 2 aliphatic rings. The Morgan fingerprint density at radius 1 is 1.47 bits per heavy atom. The van der Waals surface area contributed by atoms with Gasteiger partial charge in [0.05, 0.1) is 0 Å². The maximum Gasteiger partial charge on any atom is 0.314 e. The van der Waals surface area contributed by atoms with Crippen molar-refractivity contribution in [3.63, 3.8) is 0 Å². The summed E-state index contributed by atoms with van der Waals surface area (Å²) >= 11 is 0. The molecule has 0 aromatic carbocycles. The fourth-order valence-corrected chi connectivity index (χ4v) is 3.17. The van der Waals surface area contributed by atoms with E-state index in [1.54, 1.807) is 0 Å². The number of nitrogens with two attached hydrogens (primary N) is 1. The van der Waals surface area contributed by atoms with Crippen LogP contribution in [0.4, 0.5) is 4.79 Å². The Morgan fingerprint density at radius 3 is 2.80 bits per heavy atom. The summed E-state index contributed by atoms with van der Waals surface area (Å²) in [7, 11) is 0. The van der Waals surface area contributed by atoms with Crippen LogP contribution in [0.5, 0.6) is 0 Å². The Balaban J connectivity index is 1.81. The van der Waals surface area contributed by atoms with E-state index in [-0.39, 0.29) is 11.6 Å². The smallest absolute Gasteiger partial charge is 0.314 e. The van der Waals surface area contributed by atoms with Crippen molar-refractivity contribution in [2.24, 2.45) is 17.6 Å². The van der Waals surface area contributed by atoms with Gasteiger partial charge in [-0.05, 0) is 38.0 Å². The quantitative estimate of drug-likeness (QED) is 0.647. The zero-order valence-corrected chi connectivity index (χ0v) is 9.38. The molecule has 0 aromatic heterocycles. The molecular weight excluding hydrogens is 190 g/mol. The summed E-state index contributed by atoms with van der Waals surface area (Å²) in [5.41, 5.74) is 6.22. The molecule has 86 valence electrons. The molecule has 4 nitrogen and oxygen atoms in total. The van der Waals surface area contributed by atoms with Crippen molar-refractivity contribution in [3.8, 4) is 0 Å². The van der Waals surface area contributed by atoms with E-state index in [0.29, 0.717) is 19.0 Å². The van der Waals surface area contributed by atoms with Crippen molar-refractivity contribution in [2.75, 3.05) is 13.1 Å². The van der Waals surface area contributed by atoms with E-state index in [1.807, 2.05) is 6.92 Å². The number of amides is 2. The monoisotopic (exact) mass is 211 g/mol. The Hall–Kier alpha value is -0.770. The van der Waals surface area contributed by atoms with Crippen molar-refractivity contribution in [2.45, 2.75) is 38.1 Å². The van der Waals surface area contributed by atoms with Gasteiger partial charge in [0.1, 0.15) is 0 Å². The number of fused-ring (bicyclic) bond motifs is 2. The molecule has 0 aliphatic heterocycles. The second-order valence-corrected chi connectivity index (χ2v) is 5.03. The highest BCUT2D eigenvalue weighted by Gasteiger charge is 2.48. The Labute approximate surface area is 91.0 Å². The van der Waals surface area contributed by atoms with Gasteiger partial charge in [-0.1, -0.05) is 6.42 Å². The third-order valence-corrected chi connectivity index (χ3v) is 3.94. The van der Waals surface area contributed by atoms with E-state index in [1.165, 1.54) is 19.3 Å². The number of nitrogens with one attached hydrogen (secondary N) is 2. The lowest BCUT2D eigenvalue weighted by Crippen LogP contribution is -2.55. The van der Waals surface area contributed by atoms with Crippen molar-refractivity contribution >= 4 is 6.03 Å². The van der Waals surface area contributed by atoms with Gasteiger partial charge in [-0.3, -0.25) is 0 Å². The number of rotatable bonds is 3. The molecule has 2 amide bonds. The van der Waals surface area contributed by atoms with Crippen LogP contribution in [0, 0.1) is 11.8 Å². The molecule has 2 bridgehead atoms. The number of hydrogen-bond donors (Lipinski definition) is 3. The first kappa shape index (κ1) is 10.7. The lowest BCUT2D eigenvalue weighted by molar-refractivity contribution is 0.226. The molecule has 15 heavy (non-hydrogen) atoms. The van der Waals surface area contributed by atoms with Crippen LogP contribution in [0.25, 0.3) is 0 Å². The summed E-state index contributed by atoms with van der Waals surface area (Å²) in [5, 5.41) is 5.60. The maximum atomic E-state index is 11.3. The molecule has 4 N–H and O–H groups in total. The minimum Gasteiger partial charge on any atom is -0.338 e. The summed E-state index contributed by atoms with van der Waals surface area (Å²) < 4.78 is 0. The summed E-state index contributed by atoms with van der Waals surface area (Å²) in [6, 6.07) is -0.0925. The molecule has 0 spiro atoms. The van der Waals surface area contributed by atoms with Crippen LogP contribution in [0.1, 0.15) is 32.6 Å². The molecule has 2 fully saturated rings. The SMILES string of the molecule is CCNC(=O)NCC1(N)CC2CCC1C2. The van der Waals surface area contributed by atoms with E-state index in [0.717, 1.165) is 12.3 Å². The van der Waals surface area contributed by atoms with Gasteiger partial charge in [-0.25, -0.2) is 4.79 Å². The topological polar surface area (TPSA) is 67.2 Å². The van der Waals surface area contributed by atoms with Crippen molar-refractivity contribution < 1.29 is 4.79 Å². The second-order valence-electron chi connectivity index (χ2n) is 5.03. The van der Waals surface area contributed by atoms with Gasteiger partial charge in [0, 0.05) is 18.6 Å². The van der Waals surface area contributed by atoms with Crippen LogP contribution in [0.3, 0.4) is 0 Å². The molecule has 2 rings (SSSR count). The first-order valence-corrected chi connectivity index (χ1v) is 5.94. The Morgan fingerprint density at radius 2 is 2.27 bits per heavy atom. The third kappa shape index (κ3) is 2.09. The first-order valence-electron chi connectivity index (χ1n) is 5.94. The highest BCUT2D eigenvalue weighted by atomic mass is 16.2. The number of carbonyl (C=O) groups excluding carboxylic acids is 1. The normalized spacial score (nSPS) is 38.0. The van der Waals surface area contributed by atoms with Crippen molar-refractivity contribution in [1.29, 1.82) is 0 Å². The number of carbonyl (C=O) groups is 1. The minimum absolute atomic E-state index is 0.0925. The fraction of sp³-hybridized carbons (Fsp3) is 0.909. The highest BCUT2D eigenvalue weighted by molar-refractivity contribution is 5.73. The van der Waals surface area contributed by atoms with E-state index in [2.05, 4.69) is 10.6 Å². The molecule has 2 aliphatic carbocycles. The van der Waals surface area contributed by atoms with E-state index in [4.69, 9.17) is 5.73 Å². The molecule has 3 atom stereocenters. The van der Waals surface area contributed by atoms with Crippen LogP contribution in [0.15, 0.2) is 0 Å². The standard InChI is InChI=1S/C11H21N3O/c1-2-13-10(15)14-7-11(12)6-8-3-4-9(11)5-8/h8-9H,2-7,12H2,1H3,(H2,13,14,15). The Kier molecular flexibility index (Phi) is 2.87. The lowest BCUT2D eigenvalue weighted by Gasteiger charge is -2.33. The largest absolute Gasteiger partial charge is 0.338 e. The van der Waals surface area contributed by atoms with E-state index in [9.17, 15) is 4.79 Å².